The fourth-order valence-corrected chi connectivity index (χ4v) is 2.61. The zero-order valence-corrected chi connectivity index (χ0v) is 12.9. The molecule has 0 rings (SSSR count). The molecule has 0 aromatic carbocycles. The van der Waals surface area contributed by atoms with Crippen LogP contribution in [0.25, 0.3) is 0 Å². The van der Waals surface area contributed by atoms with Gasteiger partial charge >= 0.3 is 0 Å². The second-order valence-electron chi connectivity index (χ2n) is 4.71. The molecule has 0 aliphatic rings. The zero-order valence-electron chi connectivity index (χ0n) is 12.1. The van der Waals surface area contributed by atoms with E-state index in [1.165, 1.54) is 0 Å². The predicted molar refractivity (Wildman–Crippen MR) is 77.6 cm³/mol. The number of carbonyl (C=O) groups excluding carboxylic acids is 1. The first-order valence-electron chi connectivity index (χ1n) is 6.43. The molecule has 0 spiro atoms. The third-order valence-electron chi connectivity index (χ3n) is 3.46. The molecule has 2 unspecified atom stereocenters. The number of hydrogen-bond donors (Lipinski definition) is 3. The van der Waals surface area contributed by atoms with Crippen molar-refractivity contribution in [1.29, 1.82) is 0 Å². The summed E-state index contributed by atoms with van der Waals surface area (Å²) < 4.78 is 11.0. The summed E-state index contributed by atoms with van der Waals surface area (Å²) >= 11 is 0. The van der Waals surface area contributed by atoms with E-state index in [0.717, 1.165) is 0 Å². The number of hydrogen-bond acceptors (Lipinski definition) is 4. The Morgan fingerprint density at radius 3 is 2.37 bits per heavy atom. The van der Waals surface area contributed by atoms with Gasteiger partial charge in [-0.1, -0.05) is 19.0 Å². The monoisotopic (exact) mass is 291 g/mol. The highest BCUT2D eigenvalue weighted by molar-refractivity contribution is 7.84. The normalized spacial score (nSPS) is 15.9. The Morgan fingerprint density at radius 1 is 1.47 bits per heavy atom. The third kappa shape index (κ3) is 4.81. The summed E-state index contributed by atoms with van der Waals surface area (Å²) in [6.07, 6.45) is 3.18. The lowest BCUT2D eigenvalue weighted by atomic mass is 9.80. The van der Waals surface area contributed by atoms with Crippen molar-refractivity contribution in [2.75, 3.05) is 12.0 Å². The van der Waals surface area contributed by atoms with Crippen molar-refractivity contribution < 1.29 is 14.2 Å². The summed E-state index contributed by atoms with van der Waals surface area (Å²) in [6, 6.07) is -0.0969. The average molecular weight is 291 g/mol. The Morgan fingerprint density at radius 2 is 2.00 bits per heavy atom. The lowest BCUT2D eigenvalue weighted by Gasteiger charge is -2.30. The molecule has 0 aliphatic carbocycles. The maximum Gasteiger partial charge on any atom is 0.234 e. The molecule has 1 amide bonds. The molecule has 7 heteroatoms. The summed E-state index contributed by atoms with van der Waals surface area (Å²) in [5, 5.41) is 14.7. The number of oxime groups is 1. The van der Waals surface area contributed by atoms with Crippen LogP contribution in [-0.2, 0) is 15.6 Å². The first-order valence-corrected chi connectivity index (χ1v) is 8.15. The third-order valence-corrected chi connectivity index (χ3v) is 4.27. The fourth-order valence-electron chi connectivity index (χ4n) is 1.92. The van der Waals surface area contributed by atoms with E-state index in [9.17, 15) is 9.00 Å². The number of nitrogens with two attached hydrogens (primary N) is 1. The van der Waals surface area contributed by atoms with Crippen LogP contribution < -0.4 is 11.1 Å². The fraction of sp³-hybridized carbons (Fsp3) is 0.833. The van der Waals surface area contributed by atoms with Crippen LogP contribution in [0.4, 0.5) is 0 Å². The average Bonchev–Trinajstić information content (AvgIpc) is 2.38. The van der Waals surface area contributed by atoms with Crippen molar-refractivity contribution >= 4 is 22.5 Å². The van der Waals surface area contributed by atoms with Gasteiger partial charge in [-0.05, 0) is 26.2 Å². The molecule has 0 aliphatic heterocycles. The van der Waals surface area contributed by atoms with Gasteiger partial charge in [0.05, 0.1) is 0 Å². The lowest BCUT2D eigenvalue weighted by Crippen LogP contribution is -2.51. The van der Waals surface area contributed by atoms with Crippen LogP contribution in [-0.4, -0.2) is 39.2 Å². The predicted octanol–water partition coefficient (Wildman–Crippen LogP) is 0.813. The minimum Gasteiger partial charge on any atom is -0.409 e. The molecule has 0 aromatic heterocycles. The van der Waals surface area contributed by atoms with E-state index < -0.39 is 16.2 Å². The van der Waals surface area contributed by atoms with E-state index in [2.05, 4.69) is 10.5 Å². The Bertz CT molecular complexity index is 354. The van der Waals surface area contributed by atoms with Gasteiger partial charge < -0.3 is 16.3 Å². The molecule has 4 N–H and O–H groups in total. The smallest absolute Gasteiger partial charge is 0.234 e. The van der Waals surface area contributed by atoms with Crippen molar-refractivity contribution in [2.45, 2.75) is 46.1 Å². The van der Waals surface area contributed by atoms with E-state index in [4.69, 9.17) is 10.9 Å². The lowest BCUT2D eigenvalue weighted by molar-refractivity contribution is -0.128. The van der Waals surface area contributed by atoms with Gasteiger partial charge in [0.2, 0.25) is 5.91 Å². The van der Waals surface area contributed by atoms with E-state index >= 15 is 0 Å². The van der Waals surface area contributed by atoms with Gasteiger partial charge in [-0.3, -0.25) is 9.00 Å². The van der Waals surface area contributed by atoms with E-state index in [0.29, 0.717) is 25.0 Å². The first kappa shape index (κ1) is 17.9. The molecule has 0 heterocycles. The number of rotatable bonds is 8. The highest BCUT2D eigenvalue weighted by Gasteiger charge is 2.40. The Labute approximate surface area is 117 Å². The summed E-state index contributed by atoms with van der Waals surface area (Å²) in [4.78, 5) is 12.3. The zero-order chi connectivity index (χ0) is 15.1. The summed E-state index contributed by atoms with van der Waals surface area (Å²) in [7, 11) is -0.876. The summed E-state index contributed by atoms with van der Waals surface area (Å²) in [6.45, 7) is 5.51. The second kappa shape index (κ2) is 8.14. The molecule has 0 aromatic rings. The number of nitrogens with one attached hydrogen (secondary N) is 1. The molecule has 0 saturated carbocycles. The molecule has 112 valence electrons. The highest BCUT2D eigenvalue weighted by atomic mass is 32.2. The molecule has 0 radical (unpaired) electrons. The molecule has 19 heavy (non-hydrogen) atoms. The summed E-state index contributed by atoms with van der Waals surface area (Å²) in [5.41, 5.74) is 4.68. The van der Waals surface area contributed by atoms with Crippen molar-refractivity contribution in [3.05, 3.63) is 0 Å². The standard InChI is InChI=1S/C12H25N3O3S/c1-5-12(6-2,10(13)15-17)11(16)14-9(3)7-8-19(4)18/h9,17H,5-8H2,1-4H3,(H2,13,15)(H,14,16). The second-order valence-corrected chi connectivity index (χ2v) is 6.27. The quantitative estimate of drug-likeness (QED) is 0.266. The molecular formula is C12H25N3O3S. The molecule has 0 saturated heterocycles. The van der Waals surface area contributed by atoms with Crippen molar-refractivity contribution in [2.24, 2.45) is 16.3 Å². The van der Waals surface area contributed by atoms with Gasteiger partial charge in [0, 0.05) is 28.9 Å². The van der Waals surface area contributed by atoms with Gasteiger partial charge in [-0.25, -0.2) is 0 Å². The Kier molecular flexibility index (Phi) is 7.66. The van der Waals surface area contributed by atoms with E-state index in [1.54, 1.807) is 6.26 Å². The van der Waals surface area contributed by atoms with Crippen molar-refractivity contribution in [3.8, 4) is 0 Å². The highest BCUT2D eigenvalue weighted by Crippen LogP contribution is 2.27. The number of amides is 1. The van der Waals surface area contributed by atoms with Crippen LogP contribution in [0.1, 0.15) is 40.0 Å². The first-order chi connectivity index (χ1) is 8.83. The maximum atomic E-state index is 12.3. The molecule has 0 fully saturated rings. The van der Waals surface area contributed by atoms with Crippen LogP contribution in [0.15, 0.2) is 5.16 Å². The van der Waals surface area contributed by atoms with Crippen LogP contribution >= 0.6 is 0 Å². The van der Waals surface area contributed by atoms with Crippen LogP contribution in [0, 0.1) is 5.41 Å². The van der Waals surface area contributed by atoms with E-state index in [1.807, 2.05) is 20.8 Å². The maximum absolute atomic E-state index is 12.3. The number of amidine groups is 1. The van der Waals surface area contributed by atoms with Gasteiger partial charge in [0.15, 0.2) is 5.84 Å². The Hall–Kier alpha value is -1.11. The molecule has 0 bridgehead atoms. The molecule has 2 atom stereocenters. The number of carbonyl (C=O) groups is 1. The van der Waals surface area contributed by atoms with Gasteiger partial charge in [0.1, 0.15) is 5.41 Å². The molecular weight excluding hydrogens is 266 g/mol. The van der Waals surface area contributed by atoms with Gasteiger partial charge in [-0.15, -0.1) is 0 Å². The number of nitrogens with zero attached hydrogens (tertiary/aromatic N) is 1. The van der Waals surface area contributed by atoms with Crippen molar-refractivity contribution in [1.82, 2.24) is 5.32 Å². The minimum absolute atomic E-state index is 0.0683. The van der Waals surface area contributed by atoms with E-state index in [-0.39, 0.29) is 17.8 Å². The van der Waals surface area contributed by atoms with Gasteiger partial charge in [0.25, 0.3) is 0 Å². The van der Waals surface area contributed by atoms with Crippen molar-refractivity contribution in [3.63, 3.8) is 0 Å². The Balaban J connectivity index is 4.80. The topological polar surface area (TPSA) is 105 Å². The minimum atomic E-state index is -0.978. The largest absolute Gasteiger partial charge is 0.409 e. The van der Waals surface area contributed by atoms with Crippen LogP contribution in [0.2, 0.25) is 0 Å². The SMILES string of the molecule is CCC(CC)(C(=O)NC(C)CCS(C)=O)C(N)=NO. The summed E-state index contributed by atoms with van der Waals surface area (Å²) in [5.74, 6) is 0.222. The van der Waals surface area contributed by atoms with Gasteiger partial charge in [-0.2, -0.15) is 0 Å². The molecule has 6 nitrogen and oxygen atoms in total. The van der Waals surface area contributed by atoms with Crippen LogP contribution in [0.5, 0.6) is 0 Å². The van der Waals surface area contributed by atoms with Crippen LogP contribution in [0.3, 0.4) is 0 Å².